The molecule has 0 amide bonds. The molecule has 0 aliphatic rings. The molecule has 0 aliphatic carbocycles. The minimum Gasteiger partial charge on any atom is -0.463 e. The molecular formula is C69H66ClN3O4. The zero-order valence-corrected chi connectivity index (χ0v) is 44.4. The van der Waals surface area contributed by atoms with E-state index in [-0.39, 0.29) is 12.6 Å². The molecule has 0 radical (unpaired) electrons. The largest absolute Gasteiger partial charge is 0.463 e. The molecule has 3 aromatic heterocycles. The summed E-state index contributed by atoms with van der Waals surface area (Å²) in [7, 11) is 0. The van der Waals surface area contributed by atoms with E-state index in [1.807, 2.05) is 42.9 Å². The van der Waals surface area contributed by atoms with E-state index in [0.717, 1.165) is 74.1 Å². The second kappa shape index (κ2) is 32.6. The number of aliphatic hydroxyl groups is 1. The molecule has 7 nitrogen and oxygen atoms in total. The number of aliphatic hydroxyl groups excluding tert-OH is 1. The first-order chi connectivity index (χ1) is 37.8. The molecule has 9 rings (SSSR count). The normalized spacial score (nSPS) is 10.2. The third-order valence-corrected chi connectivity index (χ3v) is 12.6. The Morgan fingerprint density at radius 2 is 0.714 bits per heavy atom. The van der Waals surface area contributed by atoms with E-state index < -0.39 is 5.24 Å². The minimum absolute atomic E-state index is 0.279. The minimum atomic E-state index is -0.509. The van der Waals surface area contributed by atoms with Crippen LogP contribution in [0.25, 0.3) is 66.8 Å². The van der Waals surface area contributed by atoms with Crippen LogP contribution in [-0.2, 0) is 33.6 Å². The Bertz CT molecular complexity index is 3150. The summed E-state index contributed by atoms with van der Waals surface area (Å²) in [5, 5.41) is 8.33. The summed E-state index contributed by atoms with van der Waals surface area (Å²) < 4.78 is 4.99. The first kappa shape index (κ1) is 57.7. The Kier molecular flexibility index (Phi) is 24.4. The van der Waals surface area contributed by atoms with E-state index in [1.165, 1.54) is 72.8 Å². The van der Waals surface area contributed by atoms with E-state index in [2.05, 4.69) is 198 Å². The number of pyridine rings is 3. The second-order valence-corrected chi connectivity index (χ2v) is 18.3. The van der Waals surface area contributed by atoms with Crippen LogP contribution < -0.4 is 0 Å². The maximum atomic E-state index is 11.0. The molecule has 77 heavy (non-hydrogen) atoms. The third kappa shape index (κ3) is 19.9. The van der Waals surface area contributed by atoms with Crippen LogP contribution in [0.4, 0.5) is 0 Å². The zero-order chi connectivity index (χ0) is 54.3. The van der Waals surface area contributed by atoms with Gasteiger partial charge in [0.25, 0.3) is 0 Å². The lowest BCUT2D eigenvalue weighted by Crippen LogP contribution is -2.02. The van der Waals surface area contributed by atoms with Crippen molar-refractivity contribution in [1.29, 1.82) is 0 Å². The van der Waals surface area contributed by atoms with Crippen molar-refractivity contribution in [2.24, 2.45) is 0 Å². The maximum absolute atomic E-state index is 11.0. The van der Waals surface area contributed by atoms with E-state index in [1.54, 1.807) is 18.6 Å². The quantitative estimate of drug-likeness (QED) is 0.0267. The molecule has 0 saturated heterocycles. The number of hydrogen-bond donors (Lipinski definition) is 1. The van der Waals surface area contributed by atoms with Crippen molar-refractivity contribution >= 4 is 22.8 Å². The van der Waals surface area contributed by atoms with Crippen LogP contribution in [0.2, 0.25) is 0 Å². The fraction of sp³-hybridized carbons (Fsp3) is 0.145. The van der Waals surface area contributed by atoms with Crippen molar-refractivity contribution in [1.82, 2.24) is 15.0 Å². The molecule has 1 N–H and O–H groups in total. The second-order valence-electron chi connectivity index (χ2n) is 17.9. The van der Waals surface area contributed by atoms with Gasteiger partial charge in [-0.1, -0.05) is 183 Å². The van der Waals surface area contributed by atoms with Crippen molar-refractivity contribution in [3.8, 4) is 66.8 Å². The zero-order valence-electron chi connectivity index (χ0n) is 43.6. The van der Waals surface area contributed by atoms with Crippen LogP contribution in [0.5, 0.6) is 0 Å². The van der Waals surface area contributed by atoms with Gasteiger partial charge in [0.15, 0.2) is 0 Å². The average Bonchev–Trinajstić information content (AvgIpc) is 3.50. The van der Waals surface area contributed by atoms with E-state index in [0.29, 0.717) is 6.61 Å². The van der Waals surface area contributed by atoms with Crippen LogP contribution in [0.3, 0.4) is 0 Å². The first-order valence-electron chi connectivity index (χ1n) is 25.9. The lowest BCUT2D eigenvalue weighted by atomic mass is 9.99. The van der Waals surface area contributed by atoms with Crippen LogP contribution in [0.15, 0.2) is 257 Å². The van der Waals surface area contributed by atoms with Crippen molar-refractivity contribution in [3.63, 3.8) is 0 Å². The average molecular weight is 1040 g/mol. The maximum Gasteiger partial charge on any atom is 0.330 e. The lowest BCUT2D eigenvalue weighted by molar-refractivity contribution is -0.137. The summed E-state index contributed by atoms with van der Waals surface area (Å²) in [5.74, 6) is -0.353. The summed E-state index contributed by atoms with van der Waals surface area (Å²) in [6.45, 7) is 11.0. The number of nitrogens with zero attached hydrogens (tertiary/aromatic N) is 3. The fourth-order valence-electron chi connectivity index (χ4n) is 8.13. The van der Waals surface area contributed by atoms with Gasteiger partial charge >= 0.3 is 5.97 Å². The van der Waals surface area contributed by atoms with Gasteiger partial charge in [0, 0.05) is 49.9 Å². The number of rotatable bonds is 20. The molecule has 388 valence electrons. The monoisotopic (exact) mass is 1040 g/mol. The van der Waals surface area contributed by atoms with Gasteiger partial charge in [-0.25, -0.2) is 4.79 Å². The van der Waals surface area contributed by atoms with Crippen molar-refractivity contribution in [2.45, 2.75) is 51.4 Å². The summed E-state index contributed by atoms with van der Waals surface area (Å²) in [6.07, 6.45) is 23.1. The number of unbranched alkanes of at least 4 members (excludes halogenated alkanes) is 2. The van der Waals surface area contributed by atoms with Crippen molar-refractivity contribution in [2.75, 3.05) is 13.2 Å². The van der Waals surface area contributed by atoms with Crippen LogP contribution in [0.1, 0.15) is 48.8 Å². The van der Waals surface area contributed by atoms with Gasteiger partial charge in [0.1, 0.15) is 0 Å². The van der Waals surface area contributed by atoms with Crippen LogP contribution >= 0.6 is 11.6 Å². The van der Waals surface area contributed by atoms with Gasteiger partial charge in [-0.3, -0.25) is 19.7 Å². The molecule has 0 fully saturated rings. The summed E-state index contributed by atoms with van der Waals surface area (Å²) >= 11 is 4.71. The Morgan fingerprint density at radius 1 is 0.416 bits per heavy atom. The van der Waals surface area contributed by atoms with Gasteiger partial charge in [-0.05, 0) is 171 Å². The van der Waals surface area contributed by atoms with Gasteiger partial charge in [-0.15, -0.1) is 6.58 Å². The third-order valence-electron chi connectivity index (χ3n) is 12.4. The number of ether oxygens (including phenoxy) is 1. The van der Waals surface area contributed by atoms with Gasteiger partial charge in [0.05, 0.1) is 6.61 Å². The number of benzene rings is 6. The number of hydrogen-bond acceptors (Lipinski definition) is 7. The molecule has 3 heterocycles. The standard InChI is InChI=1S/C24H23NO2.C21H21NO.C21H19N.C3H3ClO/c1-2-24(26)27-17-4-3-6-19-8-10-20(11-9-19)21-12-14-22(15-13-21)23-7-5-16-25-18-23;23-15-2-1-4-17-6-8-18(9-7-17)19-10-12-20(13-11-19)21-5-3-14-22-16-21;1-2-3-5-17-7-9-18(10-8-17)19-11-13-20(14-12-19)21-6-4-15-22-16-21;1-2-3(4)5/h2,5,7-16,18H,1,3-4,6,17H2;3,5-14,16,23H,1-2,4,15H2;2,4,6-16H,1,3,5H2;2H,1H2. The Hall–Kier alpha value is -8.62. The Morgan fingerprint density at radius 3 is 0.987 bits per heavy atom. The molecule has 0 bridgehead atoms. The lowest BCUT2D eigenvalue weighted by Gasteiger charge is -2.07. The van der Waals surface area contributed by atoms with Crippen molar-refractivity contribution in [3.05, 3.63) is 274 Å². The number of allylic oxidation sites excluding steroid dienone is 2. The summed E-state index contributed by atoms with van der Waals surface area (Å²) in [4.78, 5) is 32.9. The van der Waals surface area contributed by atoms with E-state index in [4.69, 9.17) is 21.4 Å². The Labute approximate surface area is 460 Å². The van der Waals surface area contributed by atoms with E-state index in [9.17, 15) is 9.59 Å². The predicted octanol–water partition coefficient (Wildman–Crippen LogP) is 16.7. The van der Waals surface area contributed by atoms with Crippen LogP contribution in [-0.4, -0.2) is 44.5 Å². The number of aromatic nitrogens is 3. The predicted molar refractivity (Wildman–Crippen MR) is 319 cm³/mol. The van der Waals surface area contributed by atoms with Crippen molar-refractivity contribution < 1.29 is 19.4 Å². The number of aryl methyl sites for hydroxylation is 3. The summed E-state index contributed by atoms with van der Waals surface area (Å²) in [6, 6.07) is 64.0. The number of esters is 1. The molecule has 6 aromatic carbocycles. The molecule has 0 spiro atoms. The molecule has 8 heteroatoms. The molecule has 0 unspecified atom stereocenters. The first-order valence-corrected chi connectivity index (χ1v) is 26.3. The molecule has 0 saturated carbocycles. The van der Waals surface area contributed by atoms with Gasteiger partial charge in [0.2, 0.25) is 5.24 Å². The highest BCUT2D eigenvalue weighted by molar-refractivity contribution is 6.66. The number of halogens is 1. The SMILES string of the molecule is C=CC(=O)Cl.C=CC(=O)OCCCCc1ccc(-c2ccc(-c3cccnc3)cc2)cc1.C=CCCc1ccc(-c2ccc(-c3cccnc3)cc2)cc1.OCCCCc1ccc(-c2ccc(-c3cccnc3)cc2)cc1. The fourth-order valence-corrected chi connectivity index (χ4v) is 8.13. The van der Waals surface area contributed by atoms with E-state index >= 15 is 0 Å². The molecule has 0 aliphatic heterocycles. The number of carbonyl (C=O) groups excluding carboxylic acids is 2. The smallest absolute Gasteiger partial charge is 0.330 e. The molecule has 9 aromatic rings. The van der Waals surface area contributed by atoms with Gasteiger partial charge < -0.3 is 9.84 Å². The molecular weight excluding hydrogens is 970 g/mol. The number of carbonyl (C=O) groups is 2. The highest BCUT2D eigenvalue weighted by Crippen LogP contribution is 2.28. The van der Waals surface area contributed by atoms with Crippen LogP contribution in [0, 0.1) is 0 Å². The molecule has 0 atom stereocenters. The topological polar surface area (TPSA) is 102 Å². The highest BCUT2D eigenvalue weighted by atomic mass is 35.5. The Balaban J connectivity index is 0.000000180. The van der Waals surface area contributed by atoms with Gasteiger partial charge in [-0.2, -0.15) is 0 Å². The summed E-state index contributed by atoms with van der Waals surface area (Å²) in [5.41, 5.74) is 18.3. The highest BCUT2D eigenvalue weighted by Gasteiger charge is 2.05.